The Morgan fingerprint density at radius 2 is 2.00 bits per heavy atom. The van der Waals surface area contributed by atoms with Crippen LogP contribution < -0.4 is 0 Å². The molecule has 0 N–H and O–H groups in total. The molecule has 0 spiro atoms. The van der Waals surface area contributed by atoms with Crippen molar-refractivity contribution >= 4 is 12.1 Å². The maximum Gasteiger partial charge on any atom is 0.410 e. The van der Waals surface area contributed by atoms with Crippen molar-refractivity contribution in [3.63, 3.8) is 0 Å². The summed E-state index contributed by atoms with van der Waals surface area (Å²) >= 11 is 0. The molecule has 1 amide bonds. The second kappa shape index (κ2) is 8.41. The van der Waals surface area contributed by atoms with Crippen LogP contribution in [-0.2, 0) is 20.9 Å². The molecule has 5 heteroatoms. The topological polar surface area (TPSA) is 55.8 Å². The Bertz CT molecular complexity index is 489. The van der Waals surface area contributed by atoms with Crippen molar-refractivity contribution < 1.29 is 19.1 Å². The summed E-state index contributed by atoms with van der Waals surface area (Å²) in [4.78, 5) is 25.3. The largest absolute Gasteiger partial charge is 0.466 e. The molecule has 0 aliphatic carbocycles. The molecule has 1 aromatic rings. The lowest BCUT2D eigenvalue weighted by Gasteiger charge is -2.31. The van der Waals surface area contributed by atoms with Gasteiger partial charge >= 0.3 is 12.1 Å². The predicted molar refractivity (Wildman–Crippen MR) is 82.2 cm³/mol. The fourth-order valence-electron chi connectivity index (χ4n) is 2.66. The number of esters is 1. The minimum atomic E-state index is -0.308. The third-order valence-corrected chi connectivity index (χ3v) is 3.74. The third-order valence-electron chi connectivity index (χ3n) is 3.74. The van der Waals surface area contributed by atoms with Crippen LogP contribution in [-0.4, -0.2) is 36.7 Å². The van der Waals surface area contributed by atoms with Crippen molar-refractivity contribution in [2.45, 2.75) is 32.8 Å². The highest BCUT2D eigenvalue weighted by Crippen LogP contribution is 2.21. The molecule has 120 valence electrons. The van der Waals surface area contributed by atoms with Crippen molar-refractivity contribution in [1.82, 2.24) is 4.90 Å². The van der Waals surface area contributed by atoms with Crippen LogP contribution in [0.2, 0.25) is 0 Å². The van der Waals surface area contributed by atoms with Crippen LogP contribution in [0.5, 0.6) is 0 Å². The molecule has 0 saturated carbocycles. The summed E-state index contributed by atoms with van der Waals surface area (Å²) in [6.45, 7) is 3.72. The van der Waals surface area contributed by atoms with Crippen molar-refractivity contribution in [2.24, 2.45) is 5.92 Å². The summed E-state index contributed by atoms with van der Waals surface area (Å²) in [5.41, 5.74) is 0.968. The first kappa shape index (κ1) is 16.3. The predicted octanol–water partition coefficient (Wildman–Crippen LogP) is 2.99. The number of ether oxygens (including phenoxy) is 2. The first-order chi connectivity index (χ1) is 10.7. The minimum absolute atomic E-state index is 0.164. The van der Waals surface area contributed by atoms with Crippen LogP contribution in [0.3, 0.4) is 0 Å². The van der Waals surface area contributed by atoms with Crippen LogP contribution in [0.25, 0.3) is 0 Å². The van der Waals surface area contributed by atoms with E-state index in [4.69, 9.17) is 9.47 Å². The normalized spacial score (nSPS) is 17.9. The molecule has 1 fully saturated rings. The van der Waals surface area contributed by atoms with E-state index in [2.05, 4.69) is 0 Å². The van der Waals surface area contributed by atoms with E-state index in [1.165, 1.54) is 0 Å². The number of rotatable bonds is 5. The molecule has 1 aliphatic rings. The summed E-state index contributed by atoms with van der Waals surface area (Å²) in [5.74, 6) is -0.0240. The van der Waals surface area contributed by atoms with E-state index in [0.29, 0.717) is 26.1 Å². The zero-order valence-electron chi connectivity index (χ0n) is 13.0. The van der Waals surface area contributed by atoms with Gasteiger partial charge in [-0.25, -0.2) is 4.79 Å². The molecule has 0 bridgehead atoms. The molecule has 1 atom stereocenters. The number of piperidine rings is 1. The lowest BCUT2D eigenvalue weighted by atomic mass is 9.95. The molecular formula is C17H23NO4. The first-order valence-electron chi connectivity index (χ1n) is 7.80. The van der Waals surface area contributed by atoms with Gasteiger partial charge in [-0.1, -0.05) is 30.3 Å². The Labute approximate surface area is 131 Å². The van der Waals surface area contributed by atoms with Gasteiger partial charge in [-0.3, -0.25) is 4.79 Å². The maximum absolute atomic E-state index is 12.1. The lowest BCUT2D eigenvalue weighted by molar-refractivity contribution is -0.144. The number of amides is 1. The smallest absolute Gasteiger partial charge is 0.410 e. The van der Waals surface area contributed by atoms with Crippen LogP contribution in [0.15, 0.2) is 30.3 Å². The zero-order chi connectivity index (χ0) is 15.8. The second-order valence-corrected chi connectivity index (χ2v) is 5.50. The number of hydrogen-bond donors (Lipinski definition) is 0. The highest BCUT2D eigenvalue weighted by Gasteiger charge is 2.26. The lowest BCUT2D eigenvalue weighted by Crippen LogP contribution is -2.40. The Kier molecular flexibility index (Phi) is 6.25. The Morgan fingerprint density at radius 1 is 1.23 bits per heavy atom. The number of carbonyl (C=O) groups is 2. The fraction of sp³-hybridized carbons (Fsp3) is 0.529. The molecule has 1 aromatic carbocycles. The van der Waals surface area contributed by atoms with E-state index < -0.39 is 0 Å². The molecule has 1 heterocycles. The van der Waals surface area contributed by atoms with E-state index in [1.54, 1.807) is 11.8 Å². The number of likely N-dealkylation sites (tertiary alicyclic amines) is 1. The molecular weight excluding hydrogens is 282 g/mol. The quantitative estimate of drug-likeness (QED) is 0.785. The van der Waals surface area contributed by atoms with E-state index in [0.717, 1.165) is 18.4 Å². The van der Waals surface area contributed by atoms with Crippen molar-refractivity contribution in [2.75, 3.05) is 19.7 Å². The summed E-state index contributed by atoms with van der Waals surface area (Å²) in [5, 5.41) is 0. The Hall–Kier alpha value is -2.04. The molecule has 22 heavy (non-hydrogen) atoms. The van der Waals surface area contributed by atoms with Gasteiger partial charge in [-0.05, 0) is 31.2 Å². The minimum Gasteiger partial charge on any atom is -0.466 e. The third kappa shape index (κ3) is 5.06. The molecule has 1 aliphatic heterocycles. The standard InChI is InChI=1S/C17H23NO4/c1-2-21-16(19)11-15-9-6-10-18(12-15)17(20)22-13-14-7-4-3-5-8-14/h3-5,7-8,15H,2,6,9-13H2,1H3. The van der Waals surface area contributed by atoms with Gasteiger partial charge in [0, 0.05) is 13.1 Å². The number of benzene rings is 1. The van der Waals surface area contributed by atoms with Crippen LogP contribution >= 0.6 is 0 Å². The van der Waals surface area contributed by atoms with Crippen molar-refractivity contribution in [3.05, 3.63) is 35.9 Å². The average Bonchev–Trinajstić information content (AvgIpc) is 2.54. The van der Waals surface area contributed by atoms with Gasteiger partial charge in [0.2, 0.25) is 0 Å². The monoisotopic (exact) mass is 305 g/mol. The summed E-state index contributed by atoms with van der Waals surface area (Å²) in [7, 11) is 0. The molecule has 2 rings (SSSR count). The Balaban J connectivity index is 1.78. The number of nitrogens with zero attached hydrogens (tertiary/aromatic N) is 1. The SMILES string of the molecule is CCOC(=O)CC1CCCN(C(=O)OCc2ccccc2)C1. The van der Waals surface area contributed by atoms with Crippen LogP contribution in [0.1, 0.15) is 31.7 Å². The second-order valence-electron chi connectivity index (χ2n) is 5.50. The van der Waals surface area contributed by atoms with Gasteiger partial charge in [-0.2, -0.15) is 0 Å². The summed E-state index contributed by atoms with van der Waals surface area (Å²) in [6.07, 6.45) is 1.90. The fourth-order valence-corrected chi connectivity index (χ4v) is 2.66. The number of carbonyl (C=O) groups excluding carboxylic acids is 2. The summed E-state index contributed by atoms with van der Waals surface area (Å²) in [6, 6.07) is 9.61. The molecule has 5 nitrogen and oxygen atoms in total. The Morgan fingerprint density at radius 3 is 2.73 bits per heavy atom. The molecule has 1 unspecified atom stereocenters. The van der Waals surface area contributed by atoms with Gasteiger partial charge in [0.1, 0.15) is 6.61 Å². The molecule has 1 saturated heterocycles. The van der Waals surface area contributed by atoms with Crippen LogP contribution in [0.4, 0.5) is 4.79 Å². The average molecular weight is 305 g/mol. The zero-order valence-corrected chi connectivity index (χ0v) is 13.0. The van der Waals surface area contributed by atoms with Gasteiger partial charge < -0.3 is 14.4 Å². The van der Waals surface area contributed by atoms with E-state index in [1.807, 2.05) is 30.3 Å². The van der Waals surface area contributed by atoms with Gasteiger partial charge in [0.25, 0.3) is 0 Å². The van der Waals surface area contributed by atoms with Gasteiger partial charge in [0.05, 0.1) is 13.0 Å². The highest BCUT2D eigenvalue weighted by molar-refractivity contribution is 5.70. The maximum atomic E-state index is 12.1. The van der Waals surface area contributed by atoms with E-state index in [9.17, 15) is 9.59 Å². The van der Waals surface area contributed by atoms with E-state index in [-0.39, 0.29) is 24.6 Å². The van der Waals surface area contributed by atoms with Crippen LogP contribution in [0, 0.1) is 5.92 Å². The number of hydrogen-bond acceptors (Lipinski definition) is 4. The molecule has 0 radical (unpaired) electrons. The highest BCUT2D eigenvalue weighted by atomic mass is 16.6. The van der Waals surface area contributed by atoms with Crippen molar-refractivity contribution in [1.29, 1.82) is 0 Å². The van der Waals surface area contributed by atoms with Gasteiger partial charge in [-0.15, -0.1) is 0 Å². The molecule has 0 aromatic heterocycles. The van der Waals surface area contributed by atoms with Gasteiger partial charge in [0.15, 0.2) is 0 Å². The van der Waals surface area contributed by atoms with E-state index >= 15 is 0 Å². The van der Waals surface area contributed by atoms with Crippen molar-refractivity contribution in [3.8, 4) is 0 Å². The first-order valence-corrected chi connectivity index (χ1v) is 7.80. The summed E-state index contributed by atoms with van der Waals surface area (Å²) < 4.78 is 10.3.